The molecule has 1 saturated heterocycles. The molecule has 1 unspecified atom stereocenters. The predicted molar refractivity (Wildman–Crippen MR) is 53.7 cm³/mol. The molecule has 3 aliphatic rings. The minimum atomic E-state index is 0.842. The number of nitrogens with one attached hydrogen (secondary N) is 1. The largest absolute Gasteiger partial charge is 0.311 e. The fourth-order valence-corrected chi connectivity index (χ4v) is 2.70. The second-order valence-electron chi connectivity index (χ2n) is 4.98. The zero-order valence-corrected chi connectivity index (χ0v) is 8.34. The van der Waals surface area contributed by atoms with Crippen LogP contribution in [-0.2, 0) is 0 Å². The van der Waals surface area contributed by atoms with Gasteiger partial charge >= 0.3 is 0 Å². The summed E-state index contributed by atoms with van der Waals surface area (Å²) in [5.74, 6) is 1.03. The van der Waals surface area contributed by atoms with Crippen molar-refractivity contribution in [2.45, 2.75) is 44.2 Å². The van der Waals surface area contributed by atoms with Crippen LogP contribution >= 0.6 is 0 Å². The Morgan fingerprint density at radius 2 is 1.92 bits per heavy atom. The molecule has 1 heterocycles. The van der Waals surface area contributed by atoms with Gasteiger partial charge in [0.05, 0.1) is 0 Å². The summed E-state index contributed by atoms with van der Waals surface area (Å²) in [7, 11) is 0. The van der Waals surface area contributed by atoms with Crippen molar-refractivity contribution in [1.82, 2.24) is 10.2 Å². The van der Waals surface area contributed by atoms with Crippen molar-refractivity contribution >= 4 is 0 Å². The Labute approximate surface area is 80.7 Å². The van der Waals surface area contributed by atoms with Crippen LogP contribution in [0.5, 0.6) is 0 Å². The van der Waals surface area contributed by atoms with E-state index in [1.54, 1.807) is 0 Å². The van der Waals surface area contributed by atoms with Crippen LogP contribution in [0.2, 0.25) is 0 Å². The van der Waals surface area contributed by atoms with Gasteiger partial charge in [0, 0.05) is 31.7 Å². The summed E-state index contributed by atoms with van der Waals surface area (Å²) >= 11 is 0. The van der Waals surface area contributed by atoms with Gasteiger partial charge in [-0.05, 0) is 31.6 Å². The second kappa shape index (κ2) is 3.25. The first-order valence-electron chi connectivity index (χ1n) is 5.91. The minimum Gasteiger partial charge on any atom is -0.311 e. The summed E-state index contributed by atoms with van der Waals surface area (Å²) in [4.78, 5) is 2.74. The first kappa shape index (κ1) is 8.25. The lowest BCUT2D eigenvalue weighted by Crippen LogP contribution is -2.56. The van der Waals surface area contributed by atoms with E-state index in [0.717, 1.165) is 18.0 Å². The Bertz CT molecular complexity index is 185. The Kier molecular flexibility index (Phi) is 2.06. The molecule has 3 rings (SSSR count). The Hall–Kier alpha value is -0.0800. The van der Waals surface area contributed by atoms with Gasteiger partial charge in [0.25, 0.3) is 0 Å². The van der Waals surface area contributed by atoms with Crippen LogP contribution in [0.15, 0.2) is 0 Å². The van der Waals surface area contributed by atoms with Crippen molar-refractivity contribution in [1.29, 1.82) is 0 Å². The van der Waals surface area contributed by atoms with E-state index in [1.165, 1.54) is 51.7 Å². The molecular formula is C11H20N2. The maximum atomic E-state index is 3.67. The van der Waals surface area contributed by atoms with Gasteiger partial charge in [0.2, 0.25) is 0 Å². The van der Waals surface area contributed by atoms with E-state index < -0.39 is 0 Å². The molecule has 0 bridgehead atoms. The maximum absolute atomic E-state index is 3.67. The number of hydrogen-bond donors (Lipinski definition) is 1. The van der Waals surface area contributed by atoms with Crippen molar-refractivity contribution in [3.8, 4) is 0 Å². The maximum Gasteiger partial charge on any atom is 0.0223 e. The van der Waals surface area contributed by atoms with Crippen LogP contribution in [0.3, 0.4) is 0 Å². The van der Waals surface area contributed by atoms with Gasteiger partial charge < -0.3 is 5.32 Å². The smallest absolute Gasteiger partial charge is 0.0223 e. The van der Waals surface area contributed by atoms with E-state index in [4.69, 9.17) is 0 Å². The van der Waals surface area contributed by atoms with Crippen molar-refractivity contribution in [3.05, 3.63) is 0 Å². The molecule has 1 N–H and O–H groups in total. The lowest BCUT2D eigenvalue weighted by molar-refractivity contribution is 0.0871. The van der Waals surface area contributed by atoms with Crippen LogP contribution in [0.4, 0.5) is 0 Å². The number of hydrogen-bond acceptors (Lipinski definition) is 2. The highest BCUT2D eigenvalue weighted by atomic mass is 15.2. The summed E-state index contributed by atoms with van der Waals surface area (Å²) in [5.41, 5.74) is 0. The third kappa shape index (κ3) is 1.62. The molecule has 2 heteroatoms. The molecule has 0 aromatic carbocycles. The molecule has 0 radical (unpaired) electrons. The Morgan fingerprint density at radius 1 is 1.08 bits per heavy atom. The van der Waals surface area contributed by atoms with E-state index >= 15 is 0 Å². The average molecular weight is 180 g/mol. The highest BCUT2D eigenvalue weighted by Crippen LogP contribution is 2.35. The average Bonchev–Trinajstić information content (AvgIpc) is 2.83. The van der Waals surface area contributed by atoms with Gasteiger partial charge in [-0.15, -0.1) is 0 Å². The van der Waals surface area contributed by atoms with Crippen molar-refractivity contribution < 1.29 is 0 Å². The van der Waals surface area contributed by atoms with E-state index in [0.29, 0.717) is 0 Å². The van der Waals surface area contributed by atoms with Crippen LogP contribution in [0.25, 0.3) is 0 Å². The van der Waals surface area contributed by atoms with E-state index in [-0.39, 0.29) is 0 Å². The topological polar surface area (TPSA) is 15.3 Å². The normalized spacial score (nSPS) is 37.4. The SMILES string of the molecule is C1CC(N2CCNC(C3CC3)C2)C1. The molecule has 2 aliphatic carbocycles. The zero-order chi connectivity index (χ0) is 8.67. The van der Waals surface area contributed by atoms with Crippen LogP contribution in [-0.4, -0.2) is 36.6 Å². The molecule has 2 saturated carbocycles. The number of rotatable bonds is 2. The molecule has 0 amide bonds. The van der Waals surface area contributed by atoms with Gasteiger partial charge in [-0.25, -0.2) is 0 Å². The zero-order valence-electron chi connectivity index (χ0n) is 8.34. The second-order valence-corrected chi connectivity index (χ2v) is 4.98. The monoisotopic (exact) mass is 180 g/mol. The molecule has 3 fully saturated rings. The fraction of sp³-hybridized carbons (Fsp3) is 1.00. The summed E-state index contributed by atoms with van der Waals surface area (Å²) in [5, 5.41) is 3.67. The van der Waals surface area contributed by atoms with Crippen LogP contribution in [0, 0.1) is 5.92 Å². The first-order chi connectivity index (χ1) is 6.43. The van der Waals surface area contributed by atoms with E-state index in [2.05, 4.69) is 10.2 Å². The number of piperazine rings is 1. The summed E-state index contributed by atoms with van der Waals surface area (Å²) in [6, 6.07) is 1.80. The summed E-state index contributed by atoms with van der Waals surface area (Å²) < 4.78 is 0. The Morgan fingerprint density at radius 3 is 2.54 bits per heavy atom. The third-order valence-electron chi connectivity index (χ3n) is 4.02. The van der Waals surface area contributed by atoms with Crippen molar-refractivity contribution in [2.75, 3.05) is 19.6 Å². The first-order valence-corrected chi connectivity index (χ1v) is 5.91. The van der Waals surface area contributed by atoms with E-state index in [1.807, 2.05) is 0 Å². The quantitative estimate of drug-likeness (QED) is 0.687. The number of nitrogens with zero attached hydrogens (tertiary/aromatic N) is 1. The highest BCUT2D eigenvalue weighted by molar-refractivity contribution is 4.94. The lowest BCUT2D eigenvalue weighted by atomic mass is 9.90. The van der Waals surface area contributed by atoms with Gasteiger partial charge in [-0.3, -0.25) is 4.90 Å². The fourth-order valence-electron chi connectivity index (χ4n) is 2.70. The standard InChI is InChI=1S/C11H20N2/c1-2-10(3-1)13-7-6-12-11(8-13)9-4-5-9/h9-12H,1-8H2. The molecule has 1 atom stereocenters. The van der Waals surface area contributed by atoms with Crippen LogP contribution < -0.4 is 5.32 Å². The van der Waals surface area contributed by atoms with Crippen molar-refractivity contribution in [3.63, 3.8) is 0 Å². The molecule has 0 aromatic heterocycles. The molecule has 74 valence electrons. The molecule has 2 nitrogen and oxygen atoms in total. The van der Waals surface area contributed by atoms with Crippen molar-refractivity contribution in [2.24, 2.45) is 5.92 Å². The summed E-state index contributed by atoms with van der Waals surface area (Å²) in [6.07, 6.45) is 7.38. The predicted octanol–water partition coefficient (Wildman–Crippen LogP) is 1.22. The van der Waals surface area contributed by atoms with Gasteiger partial charge in [-0.1, -0.05) is 6.42 Å². The third-order valence-corrected chi connectivity index (χ3v) is 4.02. The van der Waals surface area contributed by atoms with Crippen LogP contribution in [0.1, 0.15) is 32.1 Å². The lowest BCUT2D eigenvalue weighted by Gasteiger charge is -2.43. The highest BCUT2D eigenvalue weighted by Gasteiger charge is 2.36. The van der Waals surface area contributed by atoms with Gasteiger partial charge in [0.15, 0.2) is 0 Å². The van der Waals surface area contributed by atoms with Gasteiger partial charge in [-0.2, -0.15) is 0 Å². The summed E-state index contributed by atoms with van der Waals surface area (Å²) in [6.45, 7) is 3.88. The molecule has 1 aliphatic heterocycles. The molecule has 0 spiro atoms. The van der Waals surface area contributed by atoms with Gasteiger partial charge in [0.1, 0.15) is 0 Å². The minimum absolute atomic E-state index is 0.842. The Balaban J connectivity index is 1.56. The van der Waals surface area contributed by atoms with E-state index in [9.17, 15) is 0 Å². The molecular weight excluding hydrogens is 160 g/mol. The molecule has 13 heavy (non-hydrogen) atoms. The molecule has 0 aromatic rings.